The van der Waals surface area contributed by atoms with E-state index in [1.165, 1.54) is 30.4 Å². The molecule has 1 aliphatic heterocycles. The molecule has 0 radical (unpaired) electrons. The molecule has 0 aromatic heterocycles. The van der Waals surface area contributed by atoms with Crippen molar-refractivity contribution in [3.05, 3.63) is 35.4 Å². The predicted molar refractivity (Wildman–Crippen MR) is 71.1 cm³/mol. The lowest BCUT2D eigenvalue weighted by Gasteiger charge is -2.27. The van der Waals surface area contributed by atoms with E-state index in [4.69, 9.17) is 0 Å². The van der Waals surface area contributed by atoms with Crippen LogP contribution in [-0.2, 0) is 5.41 Å². The summed E-state index contributed by atoms with van der Waals surface area (Å²) in [7, 11) is 0. The van der Waals surface area contributed by atoms with Gasteiger partial charge in [-0.15, -0.1) is 0 Å². The first-order chi connectivity index (χ1) is 8.13. The van der Waals surface area contributed by atoms with Gasteiger partial charge < -0.3 is 10.4 Å². The second-order valence-electron chi connectivity index (χ2n) is 5.67. The van der Waals surface area contributed by atoms with Crippen molar-refractivity contribution in [1.82, 2.24) is 5.32 Å². The molecule has 2 heteroatoms. The van der Waals surface area contributed by atoms with Gasteiger partial charge in [0.2, 0.25) is 0 Å². The second-order valence-corrected chi connectivity index (χ2v) is 5.67. The van der Waals surface area contributed by atoms with Crippen molar-refractivity contribution < 1.29 is 5.11 Å². The number of aliphatic hydroxyl groups is 1. The average molecular weight is 233 g/mol. The summed E-state index contributed by atoms with van der Waals surface area (Å²) in [6.07, 6.45) is 3.83. The highest BCUT2D eigenvalue weighted by Crippen LogP contribution is 2.28. The number of hydrogen-bond donors (Lipinski definition) is 2. The monoisotopic (exact) mass is 233 g/mol. The maximum absolute atomic E-state index is 9.43. The number of aliphatic hydroxyl groups excluding tert-OH is 1. The van der Waals surface area contributed by atoms with Crippen molar-refractivity contribution in [3.8, 4) is 0 Å². The maximum Gasteiger partial charge on any atom is 0.0522 e. The maximum atomic E-state index is 9.43. The Balaban J connectivity index is 2.21. The first-order valence-corrected chi connectivity index (χ1v) is 6.58. The average Bonchev–Trinajstić information content (AvgIpc) is 2.40. The van der Waals surface area contributed by atoms with Gasteiger partial charge in [-0.3, -0.25) is 0 Å². The van der Waals surface area contributed by atoms with Gasteiger partial charge in [-0.05, 0) is 30.5 Å². The predicted octanol–water partition coefficient (Wildman–Crippen LogP) is 2.77. The van der Waals surface area contributed by atoms with Crippen LogP contribution in [-0.4, -0.2) is 18.3 Å². The van der Waals surface area contributed by atoms with Crippen LogP contribution in [0.15, 0.2) is 24.3 Å². The molecule has 1 unspecified atom stereocenters. The summed E-state index contributed by atoms with van der Waals surface area (Å²) in [5, 5.41) is 13.0. The highest BCUT2D eigenvalue weighted by molar-refractivity contribution is 5.31. The third kappa shape index (κ3) is 2.88. The summed E-state index contributed by atoms with van der Waals surface area (Å²) in [5.41, 5.74) is 2.44. The SMILES string of the molecule is CC(C)(CO)c1cccc(C2CCCCN2)c1. The van der Waals surface area contributed by atoms with Crippen LogP contribution in [0.5, 0.6) is 0 Å². The lowest BCUT2D eigenvalue weighted by atomic mass is 9.83. The summed E-state index contributed by atoms with van der Waals surface area (Å²) in [4.78, 5) is 0. The lowest BCUT2D eigenvalue weighted by molar-refractivity contribution is 0.218. The van der Waals surface area contributed by atoms with Crippen molar-refractivity contribution >= 4 is 0 Å². The van der Waals surface area contributed by atoms with E-state index in [0.717, 1.165) is 6.54 Å². The third-order valence-electron chi connectivity index (χ3n) is 3.78. The van der Waals surface area contributed by atoms with Gasteiger partial charge in [-0.2, -0.15) is 0 Å². The number of benzene rings is 1. The van der Waals surface area contributed by atoms with Crippen LogP contribution in [0.4, 0.5) is 0 Å². The second kappa shape index (κ2) is 5.19. The molecule has 94 valence electrons. The minimum absolute atomic E-state index is 0.148. The molecule has 0 saturated carbocycles. The van der Waals surface area contributed by atoms with Crippen LogP contribution in [0.2, 0.25) is 0 Å². The lowest BCUT2D eigenvalue weighted by Crippen LogP contribution is -2.27. The number of hydrogen-bond acceptors (Lipinski definition) is 2. The zero-order valence-corrected chi connectivity index (χ0v) is 10.9. The largest absolute Gasteiger partial charge is 0.395 e. The minimum Gasteiger partial charge on any atom is -0.395 e. The zero-order valence-electron chi connectivity index (χ0n) is 10.9. The van der Waals surface area contributed by atoms with Gasteiger partial charge in [0.05, 0.1) is 6.61 Å². The van der Waals surface area contributed by atoms with Gasteiger partial charge in [0, 0.05) is 11.5 Å². The molecule has 0 amide bonds. The van der Waals surface area contributed by atoms with Gasteiger partial charge >= 0.3 is 0 Å². The van der Waals surface area contributed by atoms with Gasteiger partial charge in [0.25, 0.3) is 0 Å². The molecular formula is C15H23NO. The Bertz CT molecular complexity index is 367. The van der Waals surface area contributed by atoms with Gasteiger partial charge in [-0.1, -0.05) is 44.5 Å². The summed E-state index contributed by atoms with van der Waals surface area (Å²) in [6.45, 7) is 5.48. The fourth-order valence-electron chi connectivity index (χ4n) is 2.40. The Kier molecular flexibility index (Phi) is 3.85. The molecule has 1 aromatic rings. The Labute approximate surface area is 104 Å². The van der Waals surface area contributed by atoms with E-state index in [-0.39, 0.29) is 12.0 Å². The van der Waals surface area contributed by atoms with Crippen molar-refractivity contribution in [2.45, 2.75) is 44.6 Å². The number of rotatable bonds is 3. The summed E-state index contributed by atoms with van der Waals surface area (Å²) in [5.74, 6) is 0. The molecule has 2 rings (SSSR count). The Morgan fingerprint density at radius 3 is 2.82 bits per heavy atom. The Hall–Kier alpha value is -0.860. The fourth-order valence-corrected chi connectivity index (χ4v) is 2.40. The van der Waals surface area contributed by atoms with Crippen LogP contribution in [0.3, 0.4) is 0 Å². The van der Waals surface area contributed by atoms with Gasteiger partial charge in [0.15, 0.2) is 0 Å². The Morgan fingerprint density at radius 1 is 1.35 bits per heavy atom. The molecule has 1 aromatic carbocycles. The molecule has 1 saturated heterocycles. The van der Waals surface area contributed by atoms with E-state index in [2.05, 4.69) is 43.4 Å². The summed E-state index contributed by atoms with van der Waals surface area (Å²) in [6, 6.07) is 9.17. The van der Waals surface area contributed by atoms with Crippen LogP contribution >= 0.6 is 0 Å². The molecule has 17 heavy (non-hydrogen) atoms. The first-order valence-electron chi connectivity index (χ1n) is 6.58. The van der Waals surface area contributed by atoms with Crippen LogP contribution in [0.1, 0.15) is 50.3 Å². The molecule has 2 nitrogen and oxygen atoms in total. The molecule has 0 spiro atoms. The van der Waals surface area contributed by atoms with Crippen LogP contribution < -0.4 is 5.32 Å². The quantitative estimate of drug-likeness (QED) is 0.841. The van der Waals surface area contributed by atoms with E-state index in [1.807, 2.05) is 0 Å². The molecule has 2 N–H and O–H groups in total. The first kappa shape index (κ1) is 12.6. The molecule has 1 aliphatic rings. The molecule has 0 bridgehead atoms. The van der Waals surface area contributed by atoms with E-state index in [1.54, 1.807) is 0 Å². The van der Waals surface area contributed by atoms with E-state index in [0.29, 0.717) is 6.04 Å². The van der Waals surface area contributed by atoms with Gasteiger partial charge in [0.1, 0.15) is 0 Å². The molecule has 0 aliphatic carbocycles. The highest BCUT2D eigenvalue weighted by atomic mass is 16.3. The molecule has 1 heterocycles. The van der Waals surface area contributed by atoms with E-state index < -0.39 is 0 Å². The fraction of sp³-hybridized carbons (Fsp3) is 0.600. The number of nitrogens with one attached hydrogen (secondary N) is 1. The van der Waals surface area contributed by atoms with E-state index >= 15 is 0 Å². The van der Waals surface area contributed by atoms with Crippen molar-refractivity contribution in [1.29, 1.82) is 0 Å². The Morgan fingerprint density at radius 2 is 2.18 bits per heavy atom. The van der Waals surface area contributed by atoms with Gasteiger partial charge in [-0.25, -0.2) is 0 Å². The van der Waals surface area contributed by atoms with Crippen LogP contribution in [0, 0.1) is 0 Å². The van der Waals surface area contributed by atoms with Crippen LogP contribution in [0.25, 0.3) is 0 Å². The van der Waals surface area contributed by atoms with Crippen molar-refractivity contribution in [2.24, 2.45) is 0 Å². The third-order valence-corrected chi connectivity index (χ3v) is 3.78. The van der Waals surface area contributed by atoms with Crippen molar-refractivity contribution in [2.75, 3.05) is 13.2 Å². The molecular weight excluding hydrogens is 210 g/mol. The molecule has 1 fully saturated rings. The van der Waals surface area contributed by atoms with Crippen molar-refractivity contribution in [3.63, 3.8) is 0 Å². The molecule has 1 atom stereocenters. The standard InChI is InChI=1S/C15H23NO/c1-15(2,11-17)13-7-5-6-12(10-13)14-8-3-4-9-16-14/h5-7,10,14,16-17H,3-4,8-9,11H2,1-2H3. The topological polar surface area (TPSA) is 32.3 Å². The summed E-state index contributed by atoms with van der Waals surface area (Å²) >= 11 is 0. The number of piperidine rings is 1. The highest BCUT2D eigenvalue weighted by Gasteiger charge is 2.21. The minimum atomic E-state index is -0.148. The van der Waals surface area contributed by atoms with E-state index in [9.17, 15) is 5.11 Å². The normalized spacial score (nSPS) is 21.5. The smallest absolute Gasteiger partial charge is 0.0522 e. The summed E-state index contributed by atoms with van der Waals surface area (Å²) < 4.78 is 0. The zero-order chi connectivity index (χ0) is 12.3.